The van der Waals surface area contributed by atoms with Crippen LogP contribution in [0.5, 0.6) is 0 Å². The topological polar surface area (TPSA) is 42.0 Å². The number of aromatic nitrogens is 1. The van der Waals surface area contributed by atoms with Crippen molar-refractivity contribution in [1.29, 1.82) is 0 Å². The number of rotatable bonds is 3. The van der Waals surface area contributed by atoms with E-state index in [0.717, 1.165) is 5.56 Å². The highest BCUT2D eigenvalue weighted by Gasteiger charge is 2.42. The van der Waals surface area contributed by atoms with Crippen LogP contribution in [0.25, 0.3) is 10.6 Å². The van der Waals surface area contributed by atoms with Gasteiger partial charge < -0.3 is 5.32 Å². The van der Waals surface area contributed by atoms with Crippen LogP contribution in [0.1, 0.15) is 41.0 Å². The van der Waals surface area contributed by atoms with Gasteiger partial charge in [0.05, 0.1) is 11.6 Å². The van der Waals surface area contributed by atoms with Gasteiger partial charge in [-0.25, -0.2) is 4.98 Å². The third-order valence-electron chi connectivity index (χ3n) is 4.55. The summed E-state index contributed by atoms with van der Waals surface area (Å²) in [5.74, 6) is -1.70. The van der Waals surface area contributed by atoms with Crippen LogP contribution in [0.15, 0.2) is 24.3 Å². The molecule has 140 valence electrons. The highest BCUT2D eigenvalue weighted by atomic mass is 35.5. The van der Waals surface area contributed by atoms with Gasteiger partial charge in [-0.3, -0.25) is 4.79 Å². The van der Waals surface area contributed by atoms with Crippen LogP contribution in [0.3, 0.4) is 0 Å². The van der Waals surface area contributed by atoms with E-state index in [1.54, 1.807) is 25.1 Å². The number of hydrogen-bond donors (Lipinski definition) is 1. The molecule has 26 heavy (non-hydrogen) atoms. The van der Waals surface area contributed by atoms with E-state index in [1.165, 1.54) is 11.3 Å². The average Bonchev–Trinajstić information content (AvgIpc) is 2.96. The molecule has 2 unspecified atom stereocenters. The molecule has 1 N–H and O–H groups in total. The molecule has 0 radical (unpaired) electrons. The number of thiazole rings is 1. The summed E-state index contributed by atoms with van der Waals surface area (Å²) in [5.41, 5.74) is 1.37. The number of halogens is 4. The van der Waals surface area contributed by atoms with Gasteiger partial charge in [0, 0.05) is 16.6 Å². The second-order valence-electron chi connectivity index (χ2n) is 6.52. The van der Waals surface area contributed by atoms with Crippen LogP contribution in [0, 0.1) is 12.8 Å². The molecule has 2 atom stereocenters. The number of carbonyl (C=O) groups excluding carboxylic acids is 1. The molecular formula is C18H18ClF3N2OS. The molecular weight excluding hydrogens is 385 g/mol. The second kappa shape index (κ2) is 7.56. The van der Waals surface area contributed by atoms with Crippen molar-refractivity contribution in [3.8, 4) is 10.6 Å². The minimum absolute atomic E-state index is 0.0613. The Morgan fingerprint density at radius 2 is 2.12 bits per heavy atom. The second-order valence-corrected chi connectivity index (χ2v) is 7.95. The van der Waals surface area contributed by atoms with Crippen molar-refractivity contribution in [1.82, 2.24) is 10.3 Å². The van der Waals surface area contributed by atoms with Crippen molar-refractivity contribution in [2.24, 2.45) is 5.92 Å². The molecule has 1 amide bonds. The molecule has 1 aromatic carbocycles. The number of nitrogens with zero attached hydrogens (tertiary/aromatic N) is 1. The van der Waals surface area contributed by atoms with E-state index in [-0.39, 0.29) is 18.7 Å². The Balaban J connectivity index is 1.72. The predicted octanol–water partition coefficient (Wildman–Crippen LogP) is 5.62. The van der Waals surface area contributed by atoms with E-state index in [1.807, 2.05) is 6.07 Å². The number of nitrogens with one attached hydrogen (secondary N) is 1. The standard InChI is InChI=1S/C18H18ClF3N2OS/c1-10-15(26-17(23-10)11-4-2-6-13(19)8-11)16(25)24-14-7-3-5-12(9-14)18(20,21)22/h2,4,6,8,12,14H,3,5,7,9H2,1H3,(H,24,25). The van der Waals surface area contributed by atoms with E-state index >= 15 is 0 Å². The molecule has 0 bridgehead atoms. The minimum Gasteiger partial charge on any atom is -0.349 e. The first kappa shape index (κ1) is 19.2. The zero-order valence-corrected chi connectivity index (χ0v) is 15.6. The van der Waals surface area contributed by atoms with Gasteiger partial charge in [-0.1, -0.05) is 30.2 Å². The van der Waals surface area contributed by atoms with Gasteiger partial charge in [-0.2, -0.15) is 13.2 Å². The smallest absolute Gasteiger partial charge is 0.349 e. The Hall–Kier alpha value is -1.60. The first-order valence-corrected chi connectivity index (χ1v) is 9.54. The molecule has 3 rings (SSSR count). The van der Waals surface area contributed by atoms with Gasteiger partial charge in [-0.15, -0.1) is 11.3 Å². The Morgan fingerprint density at radius 3 is 2.81 bits per heavy atom. The molecule has 1 saturated carbocycles. The van der Waals surface area contributed by atoms with E-state index < -0.39 is 18.1 Å². The van der Waals surface area contributed by atoms with Crippen molar-refractivity contribution in [2.75, 3.05) is 0 Å². The molecule has 1 fully saturated rings. The summed E-state index contributed by atoms with van der Waals surface area (Å²) in [7, 11) is 0. The fourth-order valence-electron chi connectivity index (χ4n) is 3.22. The van der Waals surface area contributed by atoms with Crippen molar-refractivity contribution in [2.45, 2.75) is 44.8 Å². The number of benzene rings is 1. The van der Waals surface area contributed by atoms with E-state index in [2.05, 4.69) is 10.3 Å². The first-order chi connectivity index (χ1) is 12.2. The van der Waals surface area contributed by atoms with Crippen LogP contribution in [-0.4, -0.2) is 23.1 Å². The lowest BCUT2D eigenvalue weighted by atomic mass is 9.85. The number of carbonyl (C=O) groups is 1. The average molecular weight is 403 g/mol. The lowest BCUT2D eigenvalue weighted by Crippen LogP contribution is -2.41. The Bertz CT molecular complexity index is 806. The minimum atomic E-state index is -4.20. The fourth-order valence-corrected chi connectivity index (χ4v) is 4.38. The molecule has 3 nitrogen and oxygen atoms in total. The third kappa shape index (κ3) is 4.38. The summed E-state index contributed by atoms with van der Waals surface area (Å²) in [6.45, 7) is 1.72. The molecule has 2 aromatic rings. The van der Waals surface area contributed by atoms with Crippen molar-refractivity contribution in [3.05, 3.63) is 39.9 Å². The molecule has 0 saturated heterocycles. The Labute approximate surface area is 158 Å². The van der Waals surface area contributed by atoms with Gasteiger partial charge in [-0.05, 0) is 38.3 Å². The molecule has 1 heterocycles. The van der Waals surface area contributed by atoms with Gasteiger partial charge in [0.25, 0.3) is 5.91 Å². The van der Waals surface area contributed by atoms with E-state index in [9.17, 15) is 18.0 Å². The van der Waals surface area contributed by atoms with E-state index in [4.69, 9.17) is 11.6 Å². The van der Waals surface area contributed by atoms with Crippen LogP contribution < -0.4 is 5.32 Å². The van der Waals surface area contributed by atoms with Crippen molar-refractivity contribution >= 4 is 28.8 Å². The van der Waals surface area contributed by atoms with Gasteiger partial charge >= 0.3 is 6.18 Å². The van der Waals surface area contributed by atoms with Crippen LogP contribution >= 0.6 is 22.9 Å². The summed E-state index contributed by atoms with van der Waals surface area (Å²) in [4.78, 5) is 17.4. The van der Waals surface area contributed by atoms with Crippen LogP contribution in [-0.2, 0) is 0 Å². The van der Waals surface area contributed by atoms with Crippen LogP contribution in [0.2, 0.25) is 5.02 Å². The summed E-state index contributed by atoms with van der Waals surface area (Å²) in [5, 5.41) is 3.99. The van der Waals surface area contributed by atoms with Gasteiger partial charge in [0.1, 0.15) is 9.88 Å². The summed E-state index contributed by atoms with van der Waals surface area (Å²) >= 11 is 7.21. The summed E-state index contributed by atoms with van der Waals surface area (Å²) < 4.78 is 38.8. The number of amides is 1. The predicted molar refractivity (Wildman–Crippen MR) is 96.6 cm³/mol. The molecule has 1 aliphatic carbocycles. The maximum atomic E-state index is 12.9. The Morgan fingerprint density at radius 1 is 1.35 bits per heavy atom. The normalized spacial score (nSPS) is 20.8. The van der Waals surface area contributed by atoms with Crippen molar-refractivity contribution in [3.63, 3.8) is 0 Å². The molecule has 8 heteroatoms. The number of hydrogen-bond acceptors (Lipinski definition) is 3. The molecule has 1 aliphatic rings. The van der Waals surface area contributed by atoms with E-state index in [0.29, 0.717) is 33.4 Å². The summed E-state index contributed by atoms with van der Waals surface area (Å²) in [6, 6.07) is 6.70. The van der Waals surface area contributed by atoms with Crippen LogP contribution in [0.4, 0.5) is 13.2 Å². The molecule has 1 aromatic heterocycles. The highest BCUT2D eigenvalue weighted by molar-refractivity contribution is 7.17. The maximum absolute atomic E-state index is 12.9. The first-order valence-electron chi connectivity index (χ1n) is 8.35. The Kier molecular flexibility index (Phi) is 5.58. The third-order valence-corrected chi connectivity index (χ3v) is 5.99. The lowest BCUT2D eigenvalue weighted by Gasteiger charge is -2.30. The largest absolute Gasteiger partial charge is 0.391 e. The SMILES string of the molecule is Cc1nc(-c2cccc(Cl)c2)sc1C(=O)NC1CCCC(C(F)(F)F)C1. The molecule has 0 aliphatic heterocycles. The van der Waals surface area contributed by atoms with Gasteiger partial charge in [0.2, 0.25) is 0 Å². The summed E-state index contributed by atoms with van der Waals surface area (Å²) in [6.07, 6.45) is -3.10. The zero-order chi connectivity index (χ0) is 18.9. The highest BCUT2D eigenvalue weighted by Crippen LogP contribution is 2.38. The fraction of sp³-hybridized carbons (Fsp3) is 0.444. The van der Waals surface area contributed by atoms with Crippen molar-refractivity contribution < 1.29 is 18.0 Å². The maximum Gasteiger partial charge on any atom is 0.391 e. The number of aryl methyl sites for hydroxylation is 1. The monoisotopic (exact) mass is 402 g/mol. The number of alkyl halides is 3. The zero-order valence-electron chi connectivity index (χ0n) is 14.1. The van der Waals surface area contributed by atoms with Gasteiger partial charge in [0.15, 0.2) is 0 Å². The quantitative estimate of drug-likeness (QED) is 0.723. The lowest BCUT2D eigenvalue weighted by molar-refractivity contribution is -0.183. The molecule has 0 spiro atoms.